The molecule has 2 aromatic rings. The number of rotatable bonds is 4. The van der Waals surface area contributed by atoms with Gasteiger partial charge in [0, 0.05) is 36.2 Å². The Morgan fingerprint density at radius 3 is 2.55 bits per heavy atom. The maximum atomic E-state index is 5.89. The van der Waals surface area contributed by atoms with Crippen LogP contribution < -0.4 is 15.4 Å². The molecular weight excluding hydrogens is 250 g/mol. The molecule has 20 heavy (non-hydrogen) atoms. The number of aromatic nitrogens is 1. The smallest absolute Gasteiger partial charge is 0.142 e. The molecule has 0 spiro atoms. The largest absolute Gasteiger partial charge is 0.495 e. The molecule has 0 atom stereocenters. The van der Waals surface area contributed by atoms with Crippen LogP contribution in [0.25, 0.3) is 0 Å². The fourth-order valence-corrected chi connectivity index (χ4v) is 2.42. The molecule has 0 fully saturated rings. The summed E-state index contributed by atoms with van der Waals surface area (Å²) in [6.07, 6.45) is 0. The fourth-order valence-electron chi connectivity index (χ4n) is 2.42. The highest BCUT2D eigenvalue weighted by Crippen LogP contribution is 2.34. The van der Waals surface area contributed by atoms with E-state index in [0.717, 1.165) is 34.1 Å². The molecule has 0 bridgehead atoms. The molecule has 4 heteroatoms. The number of para-hydroxylation sites is 2. The predicted molar refractivity (Wildman–Crippen MR) is 82.7 cm³/mol. The zero-order valence-electron chi connectivity index (χ0n) is 12.5. The zero-order chi connectivity index (χ0) is 14.7. The van der Waals surface area contributed by atoms with Crippen molar-refractivity contribution >= 4 is 11.4 Å². The molecular formula is C16H21N3O. The van der Waals surface area contributed by atoms with E-state index in [-0.39, 0.29) is 0 Å². The number of nitrogens with zero attached hydrogens (tertiary/aromatic N) is 2. The van der Waals surface area contributed by atoms with Crippen LogP contribution in [0, 0.1) is 13.8 Å². The Hall–Kier alpha value is -2.07. The van der Waals surface area contributed by atoms with Crippen LogP contribution in [0.2, 0.25) is 0 Å². The summed E-state index contributed by atoms with van der Waals surface area (Å²) in [5.74, 6) is 0.838. The number of ether oxygens (including phenoxy) is 1. The first-order valence-electron chi connectivity index (χ1n) is 6.62. The first-order valence-corrected chi connectivity index (χ1v) is 6.62. The van der Waals surface area contributed by atoms with Crippen molar-refractivity contribution in [3.63, 3.8) is 0 Å². The molecule has 1 aromatic heterocycles. The van der Waals surface area contributed by atoms with E-state index in [1.54, 1.807) is 7.11 Å². The summed E-state index contributed by atoms with van der Waals surface area (Å²) in [6, 6.07) is 10.0. The summed E-state index contributed by atoms with van der Waals surface area (Å²) in [5, 5.41) is 0. The average molecular weight is 271 g/mol. The average Bonchev–Trinajstić information content (AvgIpc) is 2.45. The lowest BCUT2D eigenvalue weighted by Crippen LogP contribution is -2.16. The van der Waals surface area contributed by atoms with Gasteiger partial charge in [0.15, 0.2) is 0 Å². The molecule has 0 aliphatic heterocycles. The highest BCUT2D eigenvalue weighted by atomic mass is 16.5. The zero-order valence-corrected chi connectivity index (χ0v) is 12.5. The standard InChI is InChI=1S/C16H21N3O/c1-11-9-15(13(10-17)12(2)18-11)19(3)14-7-5-6-8-16(14)20-4/h5-9H,10,17H2,1-4H3. The maximum absolute atomic E-state index is 5.89. The summed E-state index contributed by atoms with van der Waals surface area (Å²) in [4.78, 5) is 6.59. The third-order valence-electron chi connectivity index (χ3n) is 3.45. The first kappa shape index (κ1) is 14.3. The molecule has 0 radical (unpaired) electrons. The molecule has 106 valence electrons. The maximum Gasteiger partial charge on any atom is 0.142 e. The quantitative estimate of drug-likeness (QED) is 0.929. The van der Waals surface area contributed by atoms with Crippen LogP contribution in [-0.4, -0.2) is 19.1 Å². The fraction of sp³-hybridized carbons (Fsp3) is 0.312. The summed E-state index contributed by atoms with van der Waals surface area (Å²) in [5.41, 5.74) is 11.0. The van der Waals surface area contributed by atoms with E-state index < -0.39 is 0 Å². The van der Waals surface area contributed by atoms with Crippen LogP contribution in [-0.2, 0) is 6.54 Å². The molecule has 2 N–H and O–H groups in total. The Bertz CT molecular complexity index is 611. The van der Waals surface area contributed by atoms with E-state index in [0.29, 0.717) is 6.54 Å². The van der Waals surface area contributed by atoms with Gasteiger partial charge in [-0.05, 0) is 32.0 Å². The van der Waals surface area contributed by atoms with Crippen molar-refractivity contribution in [3.8, 4) is 5.75 Å². The number of pyridine rings is 1. The second kappa shape index (κ2) is 5.92. The van der Waals surface area contributed by atoms with Gasteiger partial charge < -0.3 is 15.4 Å². The third-order valence-corrected chi connectivity index (χ3v) is 3.45. The van der Waals surface area contributed by atoms with Crippen LogP contribution in [0.4, 0.5) is 11.4 Å². The van der Waals surface area contributed by atoms with Gasteiger partial charge in [-0.3, -0.25) is 4.98 Å². The molecule has 0 unspecified atom stereocenters. The van der Waals surface area contributed by atoms with Crippen LogP contribution in [0.1, 0.15) is 17.0 Å². The molecule has 0 aliphatic carbocycles. The van der Waals surface area contributed by atoms with Crippen molar-refractivity contribution in [2.45, 2.75) is 20.4 Å². The Morgan fingerprint density at radius 2 is 1.90 bits per heavy atom. The normalized spacial score (nSPS) is 10.4. The SMILES string of the molecule is COc1ccccc1N(C)c1cc(C)nc(C)c1CN. The van der Waals surface area contributed by atoms with Crippen molar-refractivity contribution in [1.29, 1.82) is 0 Å². The monoisotopic (exact) mass is 271 g/mol. The van der Waals surface area contributed by atoms with Crippen LogP contribution in [0.15, 0.2) is 30.3 Å². The highest BCUT2D eigenvalue weighted by Gasteiger charge is 2.15. The number of hydrogen-bond acceptors (Lipinski definition) is 4. The molecule has 1 heterocycles. The van der Waals surface area contributed by atoms with E-state index in [2.05, 4.69) is 16.0 Å². The predicted octanol–water partition coefficient (Wildman–Crippen LogP) is 2.93. The number of methoxy groups -OCH3 is 1. The minimum absolute atomic E-state index is 0.466. The lowest BCUT2D eigenvalue weighted by atomic mass is 10.1. The Labute approximate surface area is 120 Å². The molecule has 0 amide bonds. The number of aryl methyl sites for hydroxylation is 2. The summed E-state index contributed by atoms with van der Waals surface area (Å²) in [7, 11) is 3.70. The van der Waals surface area contributed by atoms with Crippen molar-refractivity contribution in [2.24, 2.45) is 5.73 Å². The summed E-state index contributed by atoms with van der Waals surface area (Å²) >= 11 is 0. The van der Waals surface area contributed by atoms with Gasteiger partial charge in [-0.2, -0.15) is 0 Å². The van der Waals surface area contributed by atoms with Gasteiger partial charge >= 0.3 is 0 Å². The van der Waals surface area contributed by atoms with Gasteiger partial charge in [0.25, 0.3) is 0 Å². The van der Waals surface area contributed by atoms with Crippen LogP contribution >= 0.6 is 0 Å². The molecule has 0 saturated heterocycles. The van der Waals surface area contributed by atoms with Gasteiger partial charge in [0.1, 0.15) is 5.75 Å². The van der Waals surface area contributed by atoms with E-state index in [9.17, 15) is 0 Å². The van der Waals surface area contributed by atoms with Crippen molar-refractivity contribution < 1.29 is 4.74 Å². The van der Waals surface area contributed by atoms with E-state index in [1.807, 2.05) is 45.2 Å². The Balaban J connectivity index is 2.55. The van der Waals surface area contributed by atoms with Gasteiger partial charge in [0.05, 0.1) is 12.8 Å². The molecule has 2 rings (SSSR count). The van der Waals surface area contributed by atoms with Crippen LogP contribution in [0.5, 0.6) is 5.75 Å². The lowest BCUT2D eigenvalue weighted by molar-refractivity contribution is 0.415. The molecule has 0 saturated carbocycles. The van der Waals surface area contributed by atoms with E-state index in [4.69, 9.17) is 10.5 Å². The van der Waals surface area contributed by atoms with Gasteiger partial charge in [0.2, 0.25) is 0 Å². The third kappa shape index (κ3) is 2.60. The highest BCUT2D eigenvalue weighted by molar-refractivity contribution is 5.71. The Kier molecular flexibility index (Phi) is 4.25. The summed E-state index contributed by atoms with van der Waals surface area (Å²) < 4.78 is 5.43. The number of nitrogens with two attached hydrogens (primary N) is 1. The van der Waals surface area contributed by atoms with Crippen molar-refractivity contribution in [3.05, 3.63) is 47.3 Å². The second-order valence-corrected chi connectivity index (χ2v) is 4.78. The van der Waals surface area contributed by atoms with Crippen molar-refractivity contribution in [2.75, 3.05) is 19.1 Å². The molecule has 4 nitrogen and oxygen atoms in total. The minimum atomic E-state index is 0.466. The number of anilines is 2. The van der Waals surface area contributed by atoms with Gasteiger partial charge in [-0.1, -0.05) is 12.1 Å². The lowest BCUT2D eigenvalue weighted by Gasteiger charge is -2.25. The minimum Gasteiger partial charge on any atom is -0.495 e. The number of hydrogen-bond donors (Lipinski definition) is 1. The molecule has 0 aliphatic rings. The van der Waals surface area contributed by atoms with Gasteiger partial charge in [-0.25, -0.2) is 0 Å². The van der Waals surface area contributed by atoms with Crippen LogP contribution in [0.3, 0.4) is 0 Å². The topological polar surface area (TPSA) is 51.4 Å². The number of benzene rings is 1. The first-order chi connectivity index (χ1) is 9.58. The Morgan fingerprint density at radius 1 is 1.20 bits per heavy atom. The van der Waals surface area contributed by atoms with Gasteiger partial charge in [-0.15, -0.1) is 0 Å². The molecule has 1 aromatic carbocycles. The van der Waals surface area contributed by atoms with E-state index in [1.165, 1.54) is 0 Å². The van der Waals surface area contributed by atoms with Crippen molar-refractivity contribution in [1.82, 2.24) is 4.98 Å². The van der Waals surface area contributed by atoms with E-state index >= 15 is 0 Å². The summed E-state index contributed by atoms with van der Waals surface area (Å²) in [6.45, 7) is 4.45. The second-order valence-electron chi connectivity index (χ2n) is 4.78.